The summed E-state index contributed by atoms with van der Waals surface area (Å²) in [5.41, 5.74) is 0.595. The van der Waals surface area contributed by atoms with Gasteiger partial charge in [-0.1, -0.05) is 0 Å². The molecule has 0 aromatic carbocycles. The SMILES string of the molecule is CC1(C)OB(c2c[nH]c(=O)c(N3CCOCC3)c2)OC1(C)C. The lowest BCUT2D eigenvalue weighted by molar-refractivity contribution is 0.00578. The zero-order valence-electron chi connectivity index (χ0n) is 13.6. The Bertz CT molecular complexity index is 592. The number of ether oxygens (including phenoxy) is 1. The molecule has 120 valence electrons. The smallest absolute Gasteiger partial charge is 0.399 e. The molecule has 0 atom stereocenters. The molecular weight excluding hydrogens is 283 g/mol. The van der Waals surface area contributed by atoms with Gasteiger partial charge in [-0.3, -0.25) is 4.79 Å². The minimum absolute atomic E-state index is 0.0952. The van der Waals surface area contributed by atoms with Crippen molar-refractivity contribution in [3.8, 4) is 0 Å². The summed E-state index contributed by atoms with van der Waals surface area (Å²) in [4.78, 5) is 17.0. The van der Waals surface area contributed by atoms with Crippen molar-refractivity contribution in [2.24, 2.45) is 0 Å². The largest absolute Gasteiger partial charge is 0.496 e. The summed E-state index contributed by atoms with van der Waals surface area (Å²) < 4.78 is 17.4. The molecule has 22 heavy (non-hydrogen) atoms. The second-order valence-electron chi connectivity index (χ2n) is 6.84. The third-order valence-electron chi connectivity index (χ3n) is 4.78. The fourth-order valence-electron chi connectivity index (χ4n) is 2.64. The Morgan fingerprint density at radius 1 is 1.14 bits per heavy atom. The van der Waals surface area contributed by atoms with Gasteiger partial charge in [-0.25, -0.2) is 0 Å². The monoisotopic (exact) mass is 306 g/mol. The molecule has 0 bridgehead atoms. The van der Waals surface area contributed by atoms with Crippen LogP contribution in [0.25, 0.3) is 0 Å². The molecule has 7 heteroatoms. The molecule has 1 N–H and O–H groups in total. The molecule has 3 heterocycles. The van der Waals surface area contributed by atoms with Gasteiger partial charge in [0.25, 0.3) is 5.56 Å². The molecule has 0 amide bonds. The van der Waals surface area contributed by atoms with Gasteiger partial charge >= 0.3 is 7.12 Å². The average Bonchev–Trinajstić information content (AvgIpc) is 2.69. The third-order valence-corrected chi connectivity index (χ3v) is 4.78. The lowest BCUT2D eigenvalue weighted by atomic mass is 9.80. The second-order valence-corrected chi connectivity index (χ2v) is 6.84. The van der Waals surface area contributed by atoms with Crippen LogP contribution in [-0.2, 0) is 14.0 Å². The van der Waals surface area contributed by atoms with Gasteiger partial charge in [-0.15, -0.1) is 0 Å². The van der Waals surface area contributed by atoms with E-state index in [1.165, 1.54) is 0 Å². The molecule has 0 saturated carbocycles. The molecular formula is C15H23BN2O4. The van der Waals surface area contributed by atoms with Crippen LogP contribution in [0.2, 0.25) is 0 Å². The Kier molecular flexibility index (Phi) is 3.83. The zero-order valence-corrected chi connectivity index (χ0v) is 13.6. The van der Waals surface area contributed by atoms with Crippen LogP contribution in [0.1, 0.15) is 27.7 Å². The summed E-state index contributed by atoms with van der Waals surface area (Å²) >= 11 is 0. The normalized spacial score (nSPS) is 23.8. The molecule has 1 aromatic heterocycles. The maximum atomic E-state index is 12.1. The number of hydrogen-bond donors (Lipinski definition) is 1. The van der Waals surface area contributed by atoms with E-state index in [2.05, 4.69) is 4.98 Å². The number of aromatic amines is 1. The van der Waals surface area contributed by atoms with E-state index < -0.39 is 18.3 Å². The van der Waals surface area contributed by atoms with Crippen molar-refractivity contribution in [1.82, 2.24) is 4.98 Å². The number of nitrogens with one attached hydrogen (secondary N) is 1. The number of morpholine rings is 1. The first kappa shape index (κ1) is 15.6. The topological polar surface area (TPSA) is 63.8 Å². The molecule has 0 unspecified atom stereocenters. The highest BCUT2D eigenvalue weighted by atomic mass is 16.7. The fraction of sp³-hybridized carbons (Fsp3) is 0.667. The van der Waals surface area contributed by atoms with Gasteiger partial charge in [0, 0.05) is 24.7 Å². The van der Waals surface area contributed by atoms with Crippen LogP contribution in [0, 0.1) is 0 Å². The number of anilines is 1. The standard InChI is InChI=1S/C15H23BN2O4/c1-14(2)15(3,4)22-16(21-14)11-9-12(13(19)17-10-11)18-5-7-20-8-6-18/h9-10H,5-8H2,1-4H3,(H,17,19). The Balaban J connectivity index is 1.88. The lowest BCUT2D eigenvalue weighted by Gasteiger charge is -2.32. The zero-order chi connectivity index (χ0) is 16.0. The van der Waals surface area contributed by atoms with Crippen LogP contribution in [0.3, 0.4) is 0 Å². The van der Waals surface area contributed by atoms with Gasteiger partial charge in [0.2, 0.25) is 0 Å². The molecule has 0 spiro atoms. The number of H-pyrrole nitrogens is 1. The molecule has 2 aliphatic rings. The van der Waals surface area contributed by atoms with Crippen LogP contribution in [0.5, 0.6) is 0 Å². The molecule has 3 rings (SSSR count). The highest BCUT2D eigenvalue weighted by molar-refractivity contribution is 6.62. The predicted molar refractivity (Wildman–Crippen MR) is 85.8 cm³/mol. The van der Waals surface area contributed by atoms with E-state index in [-0.39, 0.29) is 5.56 Å². The lowest BCUT2D eigenvalue weighted by Crippen LogP contribution is -2.42. The van der Waals surface area contributed by atoms with Crippen LogP contribution >= 0.6 is 0 Å². The van der Waals surface area contributed by atoms with E-state index in [9.17, 15) is 4.79 Å². The van der Waals surface area contributed by atoms with Crippen molar-refractivity contribution in [3.05, 3.63) is 22.6 Å². The van der Waals surface area contributed by atoms with Gasteiger partial charge in [0.1, 0.15) is 5.69 Å². The number of rotatable bonds is 2. The highest BCUT2D eigenvalue weighted by Gasteiger charge is 2.51. The molecule has 0 radical (unpaired) electrons. The Hall–Kier alpha value is -1.31. The number of pyridine rings is 1. The predicted octanol–water partition coefficient (Wildman–Crippen LogP) is 0.511. The van der Waals surface area contributed by atoms with Crippen molar-refractivity contribution >= 4 is 18.3 Å². The van der Waals surface area contributed by atoms with Gasteiger partial charge < -0.3 is 23.9 Å². The summed E-state index contributed by atoms with van der Waals surface area (Å²) in [6.07, 6.45) is 1.68. The van der Waals surface area contributed by atoms with Gasteiger partial charge in [-0.05, 0) is 33.8 Å². The van der Waals surface area contributed by atoms with Crippen molar-refractivity contribution in [1.29, 1.82) is 0 Å². The summed E-state index contributed by atoms with van der Waals surface area (Å²) in [7, 11) is -0.471. The van der Waals surface area contributed by atoms with Crippen molar-refractivity contribution in [2.75, 3.05) is 31.2 Å². The quantitative estimate of drug-likeness (QED) is 0.807. The van der Waals surface area contributed by atoms with Crippen molar-refractivity contribution in [3.63, 3.8) is 0 Å². The summed E-state index contributed by atoms with van der Waals surface area (Å²) in [6.45, 7) is 10.8. The minimum Gasteiger partial charge on any atom is -0.399 e. The second kappa shape index (κ2) is 5.40. The summed E-state index contributed by atoms with van der Waals surface area (Å²) in [6, 6.07) is 1.87. The van der Waals surface area contributed by atoms with E-state index in [1.807, 2.05) is 38.7 Å². The first-order chi connectivity index (χ1) is 10.3. The number of hydrogen-bond acceptors (Lipinski definition) is 5. The van der Waals surface area contributed by atoms with Gasteiger partial charge in [0.15, 0.2) is 0 Å². The van der Waals surface area contributed by atoms with E-state index in [0.717, 1.165) is 18.6 Å². The van der Waals surface area contributed by atoms with E-state index in [1.54, 1.807) is 6.20 Å². The number of aromatic nitrogens is 1. The molecule has 0 aliphatic carbocycles. The third kappa shape index (κ3) is 2.68. The Morgan fingerprint density at radius 2 is 1.73 bits per heavy atom. The van der Waals surface area contributed by atoms with Crippen LogP contribution in [0.4, 0.5) is 5.69 Å². The first-order valence-electron chi connectivity index (χ1n) is 7.71. The van der Waals surface area contributed by atoms with Crippen LogP contribution in [-0.4, -0.2) is 49.6 Å². The minimum atomic E-state index is -0.471. The van der Waals surface area contributed by atoms with Gasteiger partial charge in [-0.2, -0.15) is 0 Å². The first-order valence-corrected chi connectivity index (χ1v) is 7.71. The molecule has 1 aromatic rings. The summed E-state index contributed by atoms with van der Waals surface area (Å²) in [5.74, 6) is 0. The molecule has 6 nitrogen and oxygen atoms in total. The summed E-state index contributed by atoms with van der Waals surface area (Å²) in [5, 5.41) is 0. The van der Waals surface area contributed by atoms with Crippen LogP contribution < -0.4 is 15.9 Å². The van der Waals surface area contributed by atoms with E-state index >= 15 is 0 Å². The molecule has 2 aliphatic heterocycles. The number of nitrogens with zero attached hydrogens (tertiary/aromatic N) is 1. The van der Waals surface area contributed by atoms with Crippen molar-refractivity contribution < 1.29 is 14.0 Å². The van der Waals surface area contributed by atoms with Gasteiger partial charge in [0.05, 0.1) is 24.4 Å². The van der Waals surface area contributed by atoms with E-state index in [0.29, 0.717) is 18.9 Å². The maximum Gasteiger partial charge on any atom is 0.496 e. The fourth-order valence-corrected chi connectivity index (χ4v) is 2.64. The molecule has 2 saturated heterocycles. The van der Waals surface area contributed by atoms with Crippen molar-refractivity contribution in [2.45, 2.75) is 38.9 Å². The Labute approximate surface area is 130 Å². The van der Waals surface area contributed by atoms with E-state index in [4.69, 9.17) is 14.0 Å². The molecule has 2 fully saturated rings. The maximum absolute atomic E-state index is 12.1. The highest BCUT2D eigenvalue weighted by Crippen LogP contribution is 2.36. The Morgan fingerprint density at radius 3 is 2.32 bits per heavy atom. The van der Waals surface area contributed by atoms with Crippen LogP contribution in [0.15, 0.2) is 17.1 Å². The average molecular weight is 306 g/mol.